The summed E-state index contributed by atoms with van der Waals surface area (Å²) in [5.74, 6) is 0. The fraction of sp³-hybridized carbons (Fsp3) is 0.0833. The zero-order valence-corrected chi connectivity index (χ0v) is 8.32. The molecule has 0 saturated heterocycles. The molecule has 0 aliphatic heterocycles. The van der Waals surface area contributed by atoms with Crippen LogP contribution in [0, 0.1) is 6.92 Å². The van der Waals surface area contributed by atoms with Crippen LogP contribution >= 0.6 is 0 Å². The molecule has 3 aromatic rings. The van der Waals surface area contributed by atoms with E-state index in [2.05, 4.69) is 11.1 Å². The van der Waals surface area contributed by atoms with Crippen molar-refractivity contribution in [3.8, 4) is 0 Å². The number of rotatable bonds is 0. The van der Waals surface area contributed by atoms with E-state index in [-0.39, 0.29) is 5.56 Å². The minimum Gasteiger partial charge on any atom is -0.319 e. The Balaban J connectivity index is 2.67. The van der Waals surface area contributed by atoms with Crippen molar-refractivity contribution >= 4 is 16.6 Å². The third-order valence-corrected chi connectivity index (χ3v) is 2.64. The Labute approximate surface area is 86.0 Å². The zero-order valence-electron chi connectivity index (χ0n) is 8.32. The smallest absolute Gasteiger partial charge is 0.272 e. The van der Waals surface area contributed by atoms with Crippen molar-refractivity contribution < 1.29 is 0 Å². The second-order valence-corrected chi connectivity index (χ2v) is 3.74. The average molecular weight is 198 g/mol. The molecular weight excluding hydrogens is 188 g/mol. The number of benzene rings is 1. The maximum Gasteiger partial charge on any atom is 0.272 e. The lowest BCUT2D eigenvalue weighted by Crippen LogP contribution is -2.09. The summed E-state index contributed by atoms with van der Waals surface area (Å²) >= 11 is 0. The number of fused-ring (bicyclic) bond motifs is 3. The van der Waals surface area contributed by atoms with Gasteiger partial charge in [0.1, 0.15) is 5.52 Å². The molecule has 74 valence electrons. The van der Waals surface area contributed by atoms with Gasteiger partial charge in [-0.2, -0.15) is 0 Å². The molecule has 0 fully saturated rings. The van der Waals surface area contributed by atoms with Crippen molar-refractivity contribution in [2.45, 2.75) is 6.92 Å². The van der Waals surface area contributed by atoms with Gasteiger partial charge in [-0.25, -0.2) is 0 Å². The minimum absolute atomic E-state index is 0.0450. The van der Waals surface area contributed by atoms with Crippen molar-refractivity contribution in [1.82, 2.24) is 9.38 Å². The zero-order chi connectivity index (χ0) is 10.4. The van der Waals surface area contributed by atoms with Crippen LogP contribution in [-0.4, -0.2) is 9.38 Å². The molecule has 0 spiro atoms. The average Bonchev–Trinajstić information content (AvgIpc) is 2.69. The Morgan fingerprint density at radius 3 is 2.93 bits per heavy atom. The van der Waals surface area contributed by atoms with E-state index in [9.17, 15) is 4.79 Å². The molecule has 2 aromatic heterocycles. The van der Waals surface area contributed by atoms with E-state index in [0.29, 0.717) is 5.52 Å². The van der Waals surface area contributed by atoms with Crippen LogP contribution in [-0.2, 0) is 0 Å². The molecule has 0 bridgehead atoms. The van der Waals surface area contributed by atoms with Crippen LogP contribution in [0.25, 0.3) is 16.6 Å². The van der Waals surface area contributed by atoms with Gasteiger partial charge >= 0.3 is 0 Å². The highest BCUT2D eigenvalue weighted by atomic mass is 16.1. The summed E-state index contributed by atoms with van der Waals surface area (Å²) in [5.41, 5.74) is 3.73. The maximum atomic E-state index is 11.7. The van der Waals surface area contributed by atoms with Gasteiger partial charge in [0.05, 0.1) is 11.0 Å². The van der Waals surface area contributed by atoms with Crippen LogP contribution in [0.15, 0.2) is 41.3 Å². The van der Waals surface area contributed by atoms with E-state index in [1.807, 2.05) is 41.8 Å². The van der Waals surface area contributed by atoms with Gasteiger partial charge in [0.25, 0.3) is 5.56 Å². The molecule has 0 radical (unpaired) electrons. The largest absolute Gasteiger partial charge is 0.319 e. The van der Waals surface area contributed by atoms with Gasteiger partial charge in [0, 0.05) is 6.20 Å². The predicted molar refractivity (Wildman–Crippen MR) is 60.3 cm³/mol. The summed E-state index contributed by atoms with van der Waals surface area (Å²) in [4.78, 5) is 14.5. The highest BCUT2D eigenvalue weighted by Gasteiger charge is 2.03. The van der Waals surface area contributed by atoms with Crippen LogP contribution < -0.4 is 5.56 Å². The standard InChI is InChI=1S/C12H10N2O/c1-8-4-5-9-11(7-8)14-6-2-3-10(14)12(15)13-9/h2-7H,1H3,(H,13,15). The number of hydrogen-bond acceptors (Lipinski definition) is 1. The topological polar surface area (TPSA) is 37.3 Å². The number of hydrogen-bond donors (Lipinski definition) is 1. The minimum atomic E-state index is -0.0450. The van der Waals surface area contributed by atoms with E-state index in [4.69, 9.17) is 0 Å². The van der Waals surface area contributed by atoms with Gasteiger partial charge in [0.15, 0.2) is 0 Å². The number of nitrogens with one attached hydrogen (secondary N) is 1. The lowest BCUT2D eigenvalue weighted by atomic mass is 10.2. The fourth-order valence-electron chi connectivity index (χ4n) is 1.91. The molecule has 1 aromatic carbocycles. The normalized spacial score (nSPS) is 11.3. The molecule has 0 aliphatic carbocycles. The molecule has 1 N–H and O–H groups in total. The van der Waals surface area contributed by atoms with Crippen LogP contribution in [0.2, 0.25) is 0 Å². The summed E-state index contributed by atoms with van der Waals surface area (Å²) in [7, 11) is 0. The van der Waals surface area contributed by atoms with Crippen LogP contribution in [0.1, 0.15) is 5.56 Å². The monoisotopic (exact) mass is 198 g/mol. The van der Waals surface area contributed by atoms with Crippen LogP contribution in [0.3, 0.4) is 0 Å². The van der Waals surface area contributed by atoms with E-state index in [0.717, 1.165) is 11.0 Å². The Hall–Kier alpha value is -2.03. The Bertz CT molecular complexity index is 706. The SMILES string of the molecule is Cc1ccc2[nH]c(=O)c3cccn3c2c1. The molecule has 2 heterocycles. The van der Waals surface area contributed by atoms with Crippen molar-refractivity contribution in [1.29, 1.82) is 0 Å². The lowest BCUT2D eigenvalue weighted by molar-refractivity contribution is 1.18. The van der Waals surface area contributed by atoms with Gasteiger partial charge in [-0.15, -0.1) is 0 Å². The van der Waals surface area contributed by atoms with Crippen molar-refractivity contribution in [3.63, 3.8) is 0 Å². The summed E-state index contributed by atoms with van der Waals surface area (Å²) < 4.78 is 1.92. The van der Waals surface area contributed by atoms with E-state index in [1.165, 1.54) is 5.56 Å². The quantitative estimate of drug-likeness (QED) is 0.590. The first kappa shape index (κ1) is 8.29. The van der Waals surface area contributed by atoms with Crippen molar-refractivity contribution in [3.05, 3.63) is 52.4 Å². The molecule has 0 saturated carbocycles. The third-order valence-electron chi connectivity index (χ3n) is 2.64. The fourth-order valence-corrected chi connectivity index (χ4v) is 1.91. The molecule has 3 nitrogen and oxygen atoms in total. The molecule has 15 heavy (non-hydrogen) atoms. The number of aryl methyl sites for hydroxylation is 1. The summed E-state index contributed by atoms with van der Waals surface area (Å²) in [5, 5.41) is 0. The Kier molecular flexibility index (Phi) is 1.51. The van der Waals surface area contributed by atoms with Gasteiger partial charge < -0.3 is 9.38 Å². The second kappa shape index (κ2) is 2.73. The first-order valence-corrected chi connectivity index (χ1v) is 4.85. The maximum absolute atomic E-state index is 11.7. The Morgan fingerprint density at radius 2 is 2.07 bits per heavy atom. The molecule has 3 rings (SSSR count). The molecule has 0 amide bonds. The molecule has 3 heteroatoms. The molecule has 0 aliphatic rings. The number of aromatic nitrogens is 2. The van der Waals surface area contributed by atoms with Crippen molar-refractivity contribution in [2.75, 3.05) is 0 Å². The Morgan fingerprint density at radius 1 is 1.20 bits per heavy atom. The predicted octanol–water partition coefficient (Wildman–Crippen LogP) is 2.09. The van der Waals surface area contributed by atoms with E-state index in [1.54, 1.807) is 0 Å². The third kappa shape index (κ3) is 1.09. The first-order valence-electron chi connectivity index (χ1n) is 4.85. The van der Waals surface area contributed by atoms with E-state index < -0.39 is 0 Å². The summed E-state index contributed by atoms with van der Waals surface area (Å²) in [6, 6.07) is 9.70. The van der Waals surface area contributed by atoms with Gasteiger partial charge in [-0.05, 0) is 36.8 Å². The highest BCUT2D eigenvalue weighted by Crippen LogP contribution is 2.14. The van der Waals surface area contributed by atoms with E-state index >= 15 is 0 Å². The molecule has 0 unspecified atom stereocenters. The van der Waals surface area contributed by atoms with Crippen LogP contribution in [0.4, 0.5) is 0 Å². The second-order valence-electron chi connectivity index (χ2n) is 3.74. The van der Waals surface area contributed by atoms with Crippen molar-refractivity contribution in [2.24, 2.45) is 0 Å². The van der Waals surface area contributed by atoms with Gasteiger partial charge in [-0.1, -0.05) is 6.07 Å². The first-order chi connectivity index (χ1) is 7.25. The lowest BCUT2D eigenvalue weighted by Gasteiger charge is -2.03. The van der Waals surface area contributed by atoms with Crippen LogP contribution in [0.5, 0.6) is 0 Å². The summed E-state index contributed by atoms with van der Waals surface area (Å²) in [6.07, 6.45) is 1.91. The van der Waals surface area contributed by atoms with Gasteiger partial charge in [-0.3, -0.25) is 4.79 Å². The highest BCUT2D eigenvalue weighted by molar-refractivity contribution is 5.78. The van der Waals surface area contributed by atoms with Gasteiger partial charge in [0.2, 0.25) is 0 Å². The molecule has 0 atom stereocenters. The number of aromatic amines is 1. The summed E-state index contributed by atoms with van der Waals surface area (Å²) in [6.45, 7) is 2.04. The number of nitrogens with zero attached hydrogens (tertiary/aromatic N) is 1. The molecular formula is C12H10N2O. The number of H-pyrrole nitrogens is 1.